The highest BCUT2D eigenvalue weighted by molar-refractivity contribution is 5.94. The van der Waals surface area contributed by atoms with E-state index in [1.165, 1.54) is 0 Å². The Morgan fingerprint density at radius 3 is 2.78 bits per heavy atom. The first kappa shape index (κ1) is 15.7. The summed E-state index contributed by atoms with van der Waals surface area (Å²) < 4.78 is 0. The van der Waals surface area contributed by atoms with Crippen molar-refractivity contribution in [2.75, 3.05) is 38.2 Å². The Balaban J connectivity index is 1.86. The van der Waals surface area contributed by atoms with Crippen LogP contribution in [-0.4, -0.2) is 54.3 Å². The van der Waals surface area contributed by atoms with E-state index in [1.807, 2.05) is 24.3 Å². The normalized spacial score (nSPS) is 16.0. The Hall–Kier alpha value is -2.16. The van der Waals surface area contributed by atoms with Gasteiger partial charge in [0.25, 0.3) is 0 Å². The van der Waals surface area contributed by atoms with Gasteiger partial charge in [0.05, 0.1) is 23.4 Å². The fraction of sp³-hybridized carbons (Fsp3) is 0.444. The van der Waals surface area contributed by atoms with Crippen LogP contribution in [0.2, 0.25) is 0 Å². The highest BCUT2D eigenvalue weighted by Gasteiger charge is 2.25. The molecule has 3 rings (SSSR count). The van der Waals surface area contributed by atoms with Crippen LogP contribution in [0.1, 0.15) is 18.4 Å². The molecule has 0 radical (unpaired) electrons. The minimum absolute atomic E-state index is 0.199. The number of nitriles is 1. The van der Waals surface area contributed by atoms with E-state index >= 15 is 0 Å². The van der Waals surface area contributed by atoms with Gasteiger partial charge < -0.3 is 14.9 Å². The third-order valence-electron chi connectivity index (χ3n) is 4.72. The molecule has 0 spiro atoms. The van der Waals surface area contributed by atoms with Gasteiger partial charge in [0.2, 0.25) is 0 Å². The molecule has 1 aromatic heterocycles. The highest BCUT2D eigenvalue weighted by Crippen LogP contribution is 2.31. The largest absolute Gasteiger partial charge is 0.395 e. The number of benzene rings is 1. The van der Waals surface area contributed by atoms with E-state index < -0.39 is 0 Å². The predicted molar refractivity (Wildman–Crippen MR) is 91.4 cm³/mol. The number of anilines is 1. The van der Waals surface area contributed by atoms with Crippen molar-refractivity contribution in [2.24, 2.45) is 0 Å². The second-order valence-corrected chi connectivity index (χ2v) is 6.07. The quantitative estimate of drug-likeness (QED) is 0.936. The fourth-order valence-electron chi connectivity index (χ4n) is 3.42. The average Bonchev–Trinajstić information content (AvgIpc) is 2.61. The van der Waals surface area contributed by atoms with Gasteiger partial charge in [-0.1, -0.05) is 18.2 Å². The molecule has 1 fully saturated rings. The van der Waals surface area contributed by atoms with Crippen LogP contribution >= 0.6 is 0 Å². The first-order valence-corrected chi connectivity index (χ1v) is 8.08. The minimum Gasteiger partial charge on any atom is -0.395 e. The van der Waals surface area contributed by atoms with Crippen LogP contribution in [0.25, 0.3) is 10.9 Å². The molecule has 5 heteroatoms. The Labute approximate surface area is 136 Å². The summed E-state index contributed by atoms with van der Waals surface area (Å²) in [6, 6.07) is 10.8. The number of para-hydroxylation sites is 1. The van der Waals surface area contributed by atoms with Crippen LogP contribution in [-0.2, 0) is 0 Å². The van der Waals surface area contributed by atoms with E-state index in [2.05, 4.69) is 27.9 Å². The molecule has 1 N–H and O–H groups in total. The summed E-state index contributed by atoms with van der Waals surface area (Å²) in [7, 11) is 2.07. The summed E-state index contributed by atoms with van der Waals surface area (Å²) in [4.78, 5) is 8.93. The number of hydrogen-bond acceptors (Lipinski definition) is 5. The molecule has 2 heterocycles. The lowest BCUT2D eigenvalue weighted by Crippen LogP contribution is -2.44. The summed E-state index contributed by atoms with van der Waals surface area (Å²) in [5, 5.41) is 19.6. The van der Waals surface area contributed by atoms with Crippen molar-refractivity contribution in [3.8, 4) is 6.07 Å². The van der Waals surface area contributed by atoms with Crippen molar-refractivity contribution >= 4 is 16.6 Å². The minimum atomic E-state index is 0.199. The zero-order chi connectivity index (χ0) is 16.2. The van der Waals surface area contributed by atoms with Gasteiger partial charge >= 0.3 is 0 Å². The topological polar surface area (TPSA) is 63.4 Å². The van der Waals surface area contributed by atoms with Crippen molar-refractivity contribution < 1.29 is 5.11 Å². The van der Waals surface area contributed by atoms with E-state index in [9.17, 15) is 5.26 Å². The summed E-state index contributed by atoms with van der Waals surface area (Å²) in [6.45, 7) is 2.75. The van der Waals surface area contributed by atoms with E-state index in [0.29, 0.717) is 18.2 Å². The lowest BCUT2D eigenvalue weighted by atomic mass is 10.0. The molecule has 1 aliphatic heterocycles. The van der Waals surface area contributed by atoms with Crippen molar-refractivity contribution in [2.45, 2.75) is 18.9 Å². The Morgan fingerprint density at radius 2 is 2.09 bits per heavy atom. The Kier molecular flexibility index (Phi) is 4.75. The van der Waals surface area contributed by atoms with Crippen LogP contribution in [0.4, 0.5) is 5.69 Å². The molecule has 1 aromatic carbocycles. The van der Waals surface area contributed by atoms with Gasteiger partial charge in [-0.15, -0.1) is 0 Å². The van der Waals surface area contributed by atoms with Crippen LogP contribution in [0.3, 0.4) is 0 Å². The zero-order valence-electron chi connectivity index (χ0n) is 13.4. The highest BCUT2D eigenvalue weighted by atomic mass is 16.3. The molecule has 0 saturated carbocycles. The van der Waals surface area contributed by atoms with Gasteiger partial charge in [0.1, 0.15) is 6.07 Å². The zero-order valence-corrected chi connectivity index (χ0v) is 13.4. The van der Waals surface area contributed by atoms with Crippen LogP contribution in [0.5, 0.6) is 0 Å². The lowest BCUT2D eigenvalue weighted by Gasteiger charge is -2.38. The number of hydrogen-bond donors (Lipinski definition) is 1. The average molecular weight is 310 g/mol. The molecule has 1 aliphatic rings. The van der Waals surface area contributed by atoms with E-state index in [4.69, 9.17) is 5.11 Å². The standard InChI is InChI=1S/C18H22N4O/c1-21(10-11-23)15-6-8-22(9-7-15)18-14(12-19)13-20-17-5-3-2-4-16(17)18/h2-5,13,15,23H,6-11H2,1H3. The van der Waals surface area contributed by atoms with Gasteiger partial charge in [0, 0.05) is 37.3 Å². The number of aromatic nitrogens is 1. The van der Waals surface area contributed by atoms with Crippen molar-refractivity contribution in [3.63, 3.8) is 0 Å². The number of aliphatic hydroxyl groups excluding tert-OH is 1. The molecule has 0 amide bonds. The third kappa shape index (κ3) is 3.14. The summed E-state index contributed by atoms with van der Waals surface area (Å²) in [6.07, 6.45) is 3.76. The van der Waals surface area contributed by atoms with Gasteiger partial charge in [0.15, 0.2) is 0 Å². The molecular weight excluding hydrogens is 288 g/mol. The number of rotatable bonds is 4. The first-order valence-electron chi connectivity index (χ1n) is 8.08. The van der Waals surface area contributed by atoms with Gasteiger partial charge in [-0.05, 0) is 26.0 Å². The fourth-order valence-corrected chi connectivity index (χ4v) is 3.42. The summed E-state index contributed by atoms with van der Waals surface area (Å²) in [5.41, 5.74) is 2.59. The van der Waals surface area contributed by atoms with E-state index in [0.717, 1.165) is 42.5 Å². The molecule has 2 aromatic rings. The molecule has 120 valence electrons. The SMILES string of the molecule is CN(CCO)C1CCN(c2c(C#N)cnc3ccccc23)CC1. The van der Waals surface area contributed by atoms with Crippen LogP contribution < -0.4 is 4.90 Å². The molecule has 1 saturated heterocycles. The second kappa shape index (κ2) is 6.95. The maximum absolute atomic E-state index is 9.47. The number of fused-ring (bicyclic) bond motifs is 1. The second-order valence-electron chi connectivity index (χ2n) is 6.07. The Morgan fingerprint density at radius 1 is 1.35 bits per heavy atom. The van der Waals surface area contributed by atoms with Crippen molar-refractivity contribution in [3.05, 3.63) is 36.0 Å². The first-order chi connectivity index (χ1) is 11.2. The maximum atomic E-state index is 9.47. The number of aliphatic hydroxyl groups is 1. The van der Waals surface area contributed by atoms with Gasteiger partial charge in [-0.25, -0.2) is 0 Å². The molecular formula is C18H22N4O. The smallest absolute Gasteiger partial charge is 0.103 e. The third-order valence-corrected chi connectivity index (χ3v) is 4.72. The number of nitrogens with zero attached hydrogens (tertiary/aromatic N) is 4. The van der Waals surface area contributed by atoms with Crippen molar-refractivity contribution in [1.29, 1.82) is 5.26 Å². The van der Waals surface area contributed by atoms with E-state index in [-0.39, 0.29) is 6.61 Å². The number of likely N-dealkylation sites (N-methyl/N-ethyl adjacent to an activating group) is 1. The van der Waals surface area contributed by atoms with Crippen LogP contribution in [0.15, 0.2) is 30.5 Å². The lowest BCUT2D eigenvalue weighted by molar-refractivity contribution is 0.162. The molecule has 0 aliphatic carbocycles. The predicted octanol–water partition coefficient (Wildman–Crippen LogP) is 2.00. The molecule has 5 nitrogen and oxygen atoms in total. The number of pyridine rings is 1. The molecule has 0 bridgehead atoms. The summed E-state index contributed by atoms with van der Waals surface area (Å²) >= 11 is 0. The maximum Gasteiger partial charge on any atom is 0.103 e. The van der Waals surface area contributed by atoms with Gasteiger partial charge in [-0.3, -0.25) is 4.98 Å². The molecule has 23 heavy (non-hydrogen) atoms. The summed E-state index contributed by atoms with van der Waals surface area (Å²) in [5.74, 6) is 0. The van der Waals surface area contributed by atoms with Gasteiger partial charge in [-0.2, -0.15) is 5.26 Å². The monoisotopic (exact) mass is 310 g/mol. The molecule has 0 atom stereocenters. The van der Waals surface area contributed by atoms with Crippen molar-refractivity contribution in [1.82, 2.24) is 9.88 Å². The Bertz CT molecular complexity index is 717. The van der Waals surface area contributed by atoms with Crippen LogP contribution in [0, 0.1) is 11.3 Å². The van der Waals surface area contributed by atoms with E-state index in [1.54, 1.807) is 6.20 Å². The molecule has 0 unspecified atom stereocenters. The number of piperidine rings is 1.